The number of hydrogen-bond acceptors (Lipinski definition) is 5. The number of benzene rings is 2. The van der Waals surface area contributed by atoms with E-state index in [1.807, 2.05) is 25.3 Å². The monoisotopic (exact) mass is 501 g/mol. The van der Waals surface area contributed by atoms with Crippen molar-refractivity contribution in [2.45, 2.75) is 31.1 Å². The molecule has 1 amide bonds. The highest BCUT2D eigenvalue weighted by Gasteiger charge is 2.38. The fraction of sp³-hybridized carbons (Fsp3) is 0.250. The van der Waals surface area contributed by atoms with E-state index < -0.39 is 10.0 Å². The summed E-state index contributed by atoms with van der Waals surface area (Å²) >= 11 is 6.92. The molecule has 2 aliphatic heterocycles. The largest absolute Gasteiger partial charge is 0.347 e. The lowest BCUT2D eigenvalue weighted by atomic mass is 9.84. The van der Waals surface area contributed by atoms with Crippen molar-refractivity contribution in [1.82, 2.24) is 4.90 Å². The summed E-state index contributed by atoms with van der Waals surface area (Å²) in [6, 6.07) is 14.0. The fourth-order valence-electron chi connectivity index (χ4n) is 4.09. The van der Waals surface area contributed by atoms with Gasteiger partial charge in [-0.2, -0.15) is 8.42 Å². The minimum Gasteiger partial charge on any atom is -0.347 e. The van der Waals surface area contributed by atoms with Crippen molar-refractivity contribution >= 4 is 50.1 Å². The molecule has 2 aromatic rings. The summed E-state index contributed by atoms with van der Waals surface area (Å²) in [4.78, 5) is 16.9. The Kier molecular flexibility index (Phi) is 6.20. The zero-order valence-corrected chi connectivity index (χ0v) is 21.1. The SMILES string of the molecule is CCN1C(=O)C(=CC=C2N(C)c3ccccc3C2(C)C)SC1=NS(=O)(=O)c1ccc(Cl)cc1. The van der Waals surface area contributed by atoms with Crippen LogP contribution < -0.4 is 4.90 Å². The van der Waals surface area contributed by atoms with E-state index in [0.29, 0.717) is 16.5 Å². The van der Waals surface area contributed by atoms with E-state index in [1.54, 1.807) is 13.0 Å². The Labute approximate surface area is 203 Å². The van der Waals surface area contributed by atoms with Crippen LogP contribution in [0.4, 0.5) is 5.69 Å². The smallest absolute Gasteiger partial charge is 0.284 e. The van der Waals surface area contributed by atoms with Gasteiger partial charge in [0.05, 0.1) is 9.80 Å². The molecular formula is C24H24ClN3O3S2. The summed E-state index contributed by atoms with van der Waals surface area (Å²) in [5, 5.41) is 0.576. The van der Waals surface area contributed by atoms with Gasteiger partial charge >= 0.3 is 0 Å². The number of amidine groups is 1. The molecule has 0 aromatic heterocycles. The molecule has 0 unspecified atom stereocenters. The first-order chi connectivity index (χ1) is 15.6. The van der Waals surface area contributed by atoms with Crippen LogP contribution in [0.1, 0.15) is 26.3 Å². The van der Waals surface area contributed by atoms with Crippen molar-refractivity contribution in [2.24, 2.45) is 4.40 Å². The van der Waals surface area contributed by atoms with Crippen molar-refractivity contribution in [3.05, 3.63) is 81.9 Å². The van der Waals surface area contributed by atoms with Gasteiger partial charge < -0.3 is 4.90 Å². The predicted octanol–water partition coefficient (Wildman–Crippen LogP) is 5.18. The molecule has 0 spiro atoms. The number of fused-ring (bicyclic) bond motifs is 1. The number of hydrogen-bond donors (Lipinski definition) is 0. The molecule has 9 heteroatoms. The molecule has 6 nitrogen and oxygen atoms in total. The van der Waals surface area contributed by atoms with E-state index in [0.717, 1.165) is 23.1 Å². The Balaban J connectivity index is 1.68. The molecule has 172 valence electrons. The number of rotatable bonds is 4. The highest BCUT2D eigenvalue weighted by atomic mass is 35.5. The average molecular weight is 502 g/mol. The van der Waals surface area contributed by atoms with E-state index in [-0.39, 0.29) is 21.4 Å². The summed E-state index contributed by atoms with van der Waals surface area (Å²) in [6.45, 7) is 6.39. The number of likely N-dealkylation sites (N-methyl/N-ethyl adjacent to an activating group) is 2. The van der Waals surface area contributed by atoms with Crippen LogP contribution >= 0.6 is 23.4 Å². The number of halogens is 1. The number of para-hydroxylation sites is 1. The molecule has 0 N–H and O–H groups in total. The maximum absolute atomic E-state index is 13.0. The van der Waals surface area contributed by atoms with E-state index >= 15 is 0 Å². The van der Waals surface area contributed by atoms with Gasteiger partial charge in [0, 0.05) is 35.4 Å². The quantitative estimate of drug-likeness (QED) is 0.540. The number of carbonyl (C=O) groups excluding carboxylic acids is 1. The Bertz CT molecular complexity index is 1310. The number of carbonyl (C=O) groups is 1. The van der Waals surface area contributed by atoms with Gasteiger partial charge in [0.25, 0.3) is 15.9 Å². The molecule has 0 saturated carbocycles. The summed E-state index contributed by atoms with van der Waals surface area (Å²) in [7, 11) is -1.98. The molecule has 0 bridgehead atoms. The number of sulfonamides is 1. The normalized spacial score (nSPS) is 21.5. The van der Waals surface area contributed by atoms with E-state index in [4.69, 9.17) is 11.6 Å². The van der Waals surface area contributed by atoms with E-state index in [9.17, 15) is 13.2 Å². The van der Waals surface area contributed by atoms with Crippen molar-refractivity contribution < 1.29 is 13.2 Å². The molecule has 2 heterocycles. The minimum absolute atomic E-state index is 0.0233. The van der Waals surface area contributed by atoms with Gasteiger partial charge in [-0.3, -0.25) is 9.69 Å². The van der Waals surface area contributed by atoms with Gasteiger partial charge in [-0.25, -0.2) is 0 Å². The summed E-state index contributed by atoms with van der Waals surface area (Å²) in [5.41, 5.74) is 3.17. The van der Waals surface area contributed by atoms with Crippen molar-refractivity contribution in [3.8, 4) is 0 Å². The number of amides is 1. The molecular weight excluding hydrogens is 478 g/mol. The van der Waals surface area contributed by atoms with E-state index in [1.165, 1.54) is 34.7 Å². The predicted molar refractivity (Wildman–Crippen MR) is 135 cm³/mol. The van der Waals surface area contributed by atoms with Crippen LogP contribution in [0.3, 0.4) is 0 Å². The first-order valence-corrected chi connectivity index (χ1v) is 13.1. The van der Waals surface area contributed by atoms with Crippen LogP contribution in [-0.2, 0) is 20.2 Å². The van der Waals surface area contributed by atoms with Crippen molar-refractivity contribution in [2.75, 3.05) is 18.5 Å². The maximum atomic E-state index is 13.0. The lowest BCUT2D eigenvalue weighted by molar-refractivity contribution is -0.122. The molecule has 2 aliphatic rings. The van der Waals surface area contributed by atoms with E-state index in [2.05, 4.69) is 35.3 Å². The van der Waals surface area contributed by atoms with Crippen LogP contribution in [0, 0.1) is 0 Å². The molecule has 2 aromatic carbocycles. The summed E-state index contributed by atoms with van der Waals surface area (Å²) in [6.07, 6.45) is 3.69. The van der Waals surface area contributed by atoms with Crippen LogP contribution in [0.15, 0.2) is 80.6 Å². The van der Waals surface area contributed by atoms with Gasteiger partial charge in [-0.15, -0.1) is 4.40 Å². The Morgan fingerprint density at radius 3 is 2.39 bits per heavy atom. The number of allylic oxidation sites excluding steroid dienone is 3. The molecule has 0 aliphatic carbocycles. The zero-order chi connectivity index (χ0) is 24.0. The molecule has 1 fully saturated rings. The fourth-order valence-corrected chi connectivity index (χ4v) is 6.40. The lowest BCUT2D eigenvalue weighted by Gasteiger charge is -2.23. The second kappa shape index (κ2) is 8.66. The van der Waals surface area contributed by atoms with Gasteiger partial charge in [0.2, 0.25) is 0 Å². The van der Waals surface area contributed by atoms with Crippen molar-refractivity contribution in [3.63, 3.8) is 0 Å². The molecule has 0 radical (unpaired) electrons. The molecule has 4 rings (SSSR count). The van der Waals surface area contributed by atoms with Crippen LogP contribution in [-0.4, -0.2) is 38.0 Å². The standard InChI is InChI=1S/C24H24ClN3O3S2/c1-5-28-22(29)20(32-23(28)26-33(30,31)17-12-10-16(25)11-13-17)14-15-21-24(2,3)18-8-6-7-9-19(18)27(21)4/h6-15H,5H2,1-4H3. The van der Waals surface area contributed by atoms with Crippen molar-refractivity contribution in [1.29, 1.82) is 0 Å². The first-order valence-electron chi connectivity index (χ1n) is 10.4. The van der Waals surface area contributed by atoms with Gasteiger partial charge in [0.15, 0.2) is 5.17 Å². The third kappa shape index (κ3) is 4.23. The number of thioether (sulfide) groups is 1. The number of anilines is 1. The third-order valence-corrected chi connectivity index (χ3v) is 8.52. The Morgan fingerprint density at radius 2 is 1.76 bits per heavy atom. The lowest BCUT2D eigenvalue weighted by Crippen LogP contribution is -2.29. The highest BCUT2D eigenvalue weighted by Crippen LogP contribution is 2.46. The van der Waals surface area contributed by atoms with Crippen LogP contribution in [0.25, 0.3) is 0 Å². The molecule has 33 heavy (non-hydrogen) atoms. The Morgan fingerprint density at radius 1 is 1.09 bits per heavy atom. The summed E-state index contributed by atoms with van der Waals surface area (Å²) in [5.74, 6) is -0.264. The summed E-state index contributed by atoms with van der Waals surface area (Å²) < 4.78 is 29.5. The van der Waals surface area contributed by atoms with Crippen LogP contribution in [0.2, 0.25) is 5.02 Å². The third-order valence-electron chi connectivity index (χ3n) is 5.85. The van der Waals surface area contributed by atoms with Gasteiger partial charge in [0.1, 0.15) is 0 Å². The first kappa shape index (κ1) is 23.6. The molecule has 1 saturated heterocycles. The minimum atomic E-state index is -3.98. The van der Waals surface area contributed by atoms with Gasteiger partial charge in [-0.05, 0) is 66.7 Å². The second-order valence-corrected chi connectivity index (χ2v) is 11.3. The Hall–Kier alpha value is -2.55. The highest BCUT2D eigenvalue weighted by molar-refractivity contribution is 8.19. The topological polar surface area (TPSA) is 70.1 Å². The second-order valence-electron chi connectivity index (χ2n) is 8.24. The number of nitrogens with zero attached hydrogens (tertiary/aromatic N) is 3. The average Bonchev–Trinajstić information content (AvgIpc) is 3.16. The van der Waals surface area contributed by atoms with Crippen LogP contribution in [0.5, 0.6) is 0 Å². The molecule has 0 atom stereocenters. The van der Waals surface area contributed by atoms with Gasteiger partial charge in [-0.1, -0.05) is 43.6 Å². The zero-order valence-electron chi connectivity index (χ0n) is 18.7. The maximum Gasteiger partial charge on any atom is 0.284 e.